The number of hydrogen-bond donors (Lipinski definition) is 3. The van der Waals surface area contributed by atoms with Crippen LogP contribution in [-0.4, -0.2) is 34.4 Å². The molecule has 1 heterocycles. The summed E-state index contributed by atoms with van der Waals surface area (Å²) in [6.07, 6.45) is 2.53. The van der Waals surface area contributed by atoms with Crippen LogP contribution in [0, 0.1) is 5.41 Å². The molecule has 1 amide bonds. The number of nitrogens with zero attached hydrogens (tertiary/aromatic N) is 1. The van der Waals surface area contributed by atoms with Crippen molar-refractivity contribution in [2.24, 2.45) is 5.41 Å². The first-order valence-electron chi connectivity index (χ1n) is 8.14. The average Bonchev–Trinajstić information content (AvgIpc) is 3.09. The summed E-state index contributed by atoms with van der Waals surface area (Å²) < 4.78 is 0. The Hall–Kier alpha value is -2.14. The van der Waals surface area contributed by atoms with Gasteiger partial charge in [0.2, 0.25) is 0 Å². The number of hydrogen-bond acceptors (Lipinski definition) is 3. The molecule has 23 heavy (non-hydrogen) atoms. The molecule has 0 saturated heterocycles. The fraction of sp³-hybridized carbons (Fsp3) is 0.444. The van der Waals surface area contributed by atoms with E-state index in [4.69, 9.17) is 0 Å². The van der Waals surface area contributed by atoms with Gasteiger partial charge in [0.25, 0.3) is 5.91 Å². The maximum Gasteiger partial charge on any atom is 0.269 e. The molecule has 0 aliphatic heterocycles. The lowest BCUT2D eigenvalue weighted by molar-refractivity contribution is 0.0902. The van der Waals surface area contributed by atoms with E-state index in [9.17, 15) is 9.90 Å². The topological polar surface area (TPSA) is 78.0 Å². The Morgan fingerprint density at radius 2 is 1.96 bits per heavy atom. The van der Waals surface area contributed by atoms with Crippen molar-refractivity contribution in [3.63, 3.8) is 0 Å². The molecular weight excluding hydrogens is 290 g/mol. The van der Waals surface area contributed by atoms with Crippen LogP contribution in [0.3, 0.4) is 0 Å². The van der Waals surface area contributed by atoms with Gasteiger partial charge in [0.1, 0.15) is 5.69 Å². The lowest BCUT2D eigenvalue weighted by Crippen LogP contribution is -2.37. The molecule has 0 atom stereocenters. The zero-order valence-electron chi connectivity index (χ0n) is 13.8. The van der Waals surface area contributed by atoms with Gasteiger partial charge in [-0.05, 0) is 30.7 Å². The van der Waals surface area contributed by atoms with Crippen LogP contribution in [0.2, 0.25) is 0 Å². The molecule has 124 valence electrons. The largest absolute Gasteiger partial charge is 0.396 e. The molecule has 5 nitrogen and oxygen atoms in total. The number of aromatic amines is 1. The first-order chi connectivity index (χ1) is 11.1. The highest BCUT2D eigenvalue weighted by molar-refractivity contribution is 5.93. The molecule has 0 spiro atoms. The molecule has 2 rings (SSSR count). The second-order valence-electron chi connectivity index (χ2n) is 5.90. The fourth-order valence-corrected chi connectivity index (χ4v) is 2.74. The Labute approximate surface area is 137 Å². The van der Waals surface area contributed by atoms with E-state index in [1.807, 2.05) is 30.3 Å². The standard InChI is InChI=1S/C18H25N3O2/c1-3-18(4-2,10-11-22)13-19-17(23)16-12-15(20-21-16)14-8-6-5-7-9-14/h5-9,12,22H,3-4,10-11,13H2,1-2H3,(H,19,23)(H,20,21). The van der Waals surface area contributed by atoms with Crippen molar-refractivity contribution < 1.29 is 9.90 Å². The van der Waals surface area contributed by atoms with Gasteiger partial charge in [-0.2, -0.15) is 5.10 Å². The Kier molecular flexibility index (Phi) is 5.93. The van der Waals surface area contributed by atoms with E-state index in [0.717, 1.165) is 24.1 Å². The number of rotatable bonds is 8. The molecule has 0 fully saturated rings. The van der Waals surface area contributed by atoms with Gasteiger partial charge in [0.15, 0.2) is 0 Å². The Morgan fingerprint density at radius 1 is 1.26 bits per heavy atom. The smallest absolute Gasteiger partial charge is 0.269 e. The summed E-state index contributed by atoms with van der Waals surface area (Å²) in [6, 6.07) is 11.5. The molecule has 0 bridgehead atoms. The minimum absolute atomic E-state index is 0.0489. The number of carbonyl (C=O) groups is 1. The third kappa shape index (κ3) is 4.20. The molecule has 5 heteroatoms. The normalized spacial score (nSPS) is 11.4. The molecule has 0 radical (unpaired) electrons. The number of carbonyl (C=O) groups excluding carboxylic acids is 1. The van der Waals surface area contributed by atoms with Crippen LogP contribution < -0.4 is 5.32 Å². The fourth-order valence-electron chi connectivity index (χ4n) is 2.74. The number of amides is 1. The van der Waals surface area contributed by atoms with Crippen molar-refractivity contribution in [2.75, 3.05) is 13.2 Å². The minimum atomic E-state index is -0.163. The van der Waals surface area contributed by atoms with Gasteiger partial charge in [0.05, 0.1) is 5.69 Å². The van der Waals surface area contributed by atoms with Crippen molar-refractivity contribution in [3.8, 4) is 11.3 Å². The average molecular weight is 315 g/mol. The summed E-state index contributed by atoms with van der Waals surface area (Å²) in [6.45, 7) is 4.88. The predicted octanol–water partition coefficient (Wildman–Crippen LogP) is 3.00. The van der Waals surface area contributed by atoms with E-state index >= 15 is 0 Å². The third-order valence-corrected chi connectivity index (χ3v) is 4.66. The molecule has 2 aromatic rings. The molecule has 1 aromatic carbocycles. The van der Waals surface area contributed by atoms with Crippen molar-refractivity contribution in [2.45, 2.75) is 33.1 Å². The summed E-state index contributed by atoms with van der Waals surface area (Å²) in [7, 11) is 0. The van der Waals surface area contributed by atoms with E-state index in [1.54, 1.807) is 6.07 Å². The summed E-state index contributed by atoms with van der Waals surface area (Å²) in [5.41, 5.74) is 2.13. The van der Waals surface area contributed by atoms with E-state index in [0.29, 0.717) is 18.7 Å². The highest BCUT2D eigenvalue weighted by Crippen LogP contribution is 2.29. The highest BCUT2D eigenvalue weighted by Gasteiger charge is 2.26. The molecular formula is C18H25N3O2. The van der Waals surface area contributed by atoms with Crippen LogP contribution >= 0.6 is 0 Å². The number of aliphatic hydroxyl groups excluding tert-OH is 1. The van der Waals surface area contributed by atoms with E-state index < -0.39 is 0 Å². The first kappa shape index (κ1) is 17.2. The maximum atomic E-state index is 12.3. The van der Waals surface area contributed by atoms with Crippen LogP contribution in [-0.2, 0) is 0 Å². The number of aromatic nitrogens is 2. The second kappa shape index (κ2) is 7.92. The predicted molar refractivity (Wildman–Crippen MR) is 91.1 cm³/mol. The van der Waals surface area contributed by atoms with Gasteiger partial charge in [-0.1, -0.05) is 44.2 Å². The Balaban J connectivity index is 2.03. The lowest BCUT2D eigenvalue weighted by atomic mass is 9.79. The molecule has 0 saturated carbocycles. The summed E-state index contributed by atoms with van der Waals surface area (Å²) in [5.74, 6) is -0.163. The summed E-state index contributed by atoms with van der Waals surface area (Å²) in [5, 5.41) is 19.2. The monoisotopic (exact) mass is 315 g/mol. The molecule has 0 unspecified atom stereocenters. The van der Waals surface area contributed by atoms with E-state index in [1.165, 1.54) is 0 Å². The van der Waals surface area contributed by atoms with E-state index in [2.05, 4.69) is 29.4 Å². The number of aliphatic hydroxyl groups is 1. The zero-order valence-corrected chi connectivity index (χ0v) is 13.8. The van der Waals surface area contributed by atoms with Crippen LogP contribution in [0.5, 0.6) is 0 Å². The van der Waals surface area contributed by atoms with Gasteiger partial charge in [-0.3, -0.25) is 9.89 Å². The van der Waals surface area contributed by atoms with Gasteiger partial charge >= 0.3 is 0 Å². The summed E-state index contributed by atoms with van der Waals surface area (Å²) in [4.78, 5) is 12.3. The quantitative estimate of drug-likeness (QED) is 0.701. The van der Waals surface area contributed by atoms with Crippen LogP contribution in [0.4, 0.5) is 0 Å². The van der Waals surface area contributed by atoms with Crippen LogP contribution in [0.15, 0.2) is 36.4 Å². The van der Waals surface area contributed by atoms with E-state index in [-0.39, 0.29) is 17.9 Å². The molecule has 0 aliphatic rings. The highest BCUT2D eigenvalue weighted by atomic mass is 16.3. The Morgan fingerprint density at radius 3 is 2.57 bits per heavy atom. The number of H-pyrrole nitrogens is 1. The lowest BCUT2D eigenvalue weighted by Gasteiger charge is -2.31. The third-order valence-electron chi connectivity index (χ3n) is 4.66. The van der Waals surface area contributed by atoms with Gasteiger partial charge in [-0.25, -0.2) is 0 Å². The molecule has 0 aliphatic carbocycles. The number of nitrogens with one attached hydrogen (secondary N) is 2. The van der Waals surface area contributed by atoms with Crippen molar-refractivity contribution >= 4 is 5.91 Å². The number of benzene rings is 1. The molecule has 1 aromatic heterocycles. The van der Waals surface area contributed by atoms with Crippen molar-refractivity contribution in [1.29, 1.82) is 0 Å². The SMILES string of the molecule is CCC(CC)(CCO)CNC(=O)c1cc(-c2ccccc2)n[nH]1. The van der Waals surface area contributed by atoms with Crippen molar-refractivity contribution in [1.82, 2.24) is 15.5 Å². The first-order valence-corrected chi connectivity index (χ1v) is 8.14. The maximum absolute atomic E-state index is 12.3. The minimum Gasteiger partial charge on any atom is -0.396 e. The zero-order chi connectivity index (χ0) is 16.7. The van der Waals surface area contributed by atoms with Crippen molar-refractivity contribution in [3.05, 3.63) is 42.1 Å². The van der Waals surface area contributed by atoms with Gasteiger partial charge < -0.3 is 10.4 Å². The van der Waals surface area contributed by atoms with Crippen LogP contribution in [0.1, 0.15) is 43.6 Å². The second-order valence-corrected chi connectivity index (χ2v) is 5.90. The van der Waals surface area contributed by atoms with Crippen LogP contribution in [0.25, 0.3) is 11.3 Å². The summed E-state index contributed by atoms with van der Waals surface area (Å²) >= 11 is 0. The molecule has 3 N–H and O–H groups in total. The van der Waals surface area contributed by atoms with Gasteiger partial charge in [-0.15, -0.1) is 0 Å². The Bertz CT molecular complexity index is 618. The van der Waals surface area contributed by atoms with Gasteiger partial charge in [0, 0.05) is 18.7 Å².